The summed E-state index contributed by atoms with van der Waals surface area (Å²) in [5.74, 6) is -0.759. The molecule has 0 aromatic rings. The van der Waals surface area contributed by atoms with Gasteiger partial charge in [0.1, 0.15) is 0 Å². The molecule has 19 heavy (non-hydrogen) atoms. The quantitative estimate of drug-likeness (QED) is 0.786. The summed E-state index contributed by atoms with van der Waals surface area (Å²) in [5.41, 5.74) is -2.02. The number of rotatable bonds is 2. The molecule has 2 N–H and O–H groups in total. The van der Waals surface area contributed by atoms with E-state index in [1.807, 2.05) is 27.7 Å². The molecule has 0 aromatic heterocycles. The average molecular weight is 270 g/mol. The van der Waals surface area contributed by atoms with Gasteiger partial charge in [-0.1, -0.05) is 0 Å². The molecule has 5 nitrogen and oxygen atoms in total. The molecule has 0 spiro atoms. The minimum atomic E-state index is -0.928. The van der Waals surface area contributed by atoms with Crippen molar-refractivity contribution in [1.29, 1.82) is 0 Å². The minimum absolute atomic E-state index is 0.401. The van der Waals surface area contributed by atoms with Gasteiger partial charge in [0.15, 0.2) is 5.54 Å². The monoisotopic (exact) mass is 270 g/mol. The lowest BCUT2D eigenvalue weighted by atomic mass is 9.77. The highest BCUT2D eigenvalue weighted by Crippen LogP contribution is 2.48. The van der Waals surface area contributed by atoms with E-state index in [1.165, 1.54) is 0 Å². The summed E-state index contributed by atoms with van der Waals surface area (Å²) >= 11 is 0. The van der Waals surface area contributed by atoms with Crippen LogP contribution >= 0.6 is 0 Å². The Morgan fingerprint density at radius 3 is 2.42 bits per heavy atom. The van der Waals surface area contributed by atoms with Crippen LogP contribution in [0.5, 0.6) is 0 Å². The summed E-state index contributed by atoms with van der Waals surface area (Å²) in [6.07, 6.45) is 1.51. The molecule has 110 valence electrons. The Labute approximate surface area is 115 Å². The maximum Gasteiger partial charge on any atom is 0.327 e. The molecule has 2 rings (SSSR count). The van der Waals surface area contributed by atoms with E-state index in [9.17, 15) is 9.90 Å². The second-order valence-corrected chi connectivity index (χ2v) is 6.80. The van der Waals surface area contributed by atoms with Crippen molar-refractivity contribution in [3.05, 3.63) is 0 Å². The molecule has 2 aliphatic rings. The van der Waals surface area contributed by atoms with Crippen molar-refractivity contribution < 1.29 is 14.6 Å². The fourth-order valence-corrected chi connectivity index (χ4v) is 3.83. The van der Waals surface area contributed by atoms with Gasteiger partial charge in [-0.15, -0.1) is 0 Å². The van der Waals surface area contributed by atoms with Gasteiger partial charge in [0, 0.05) is 26.1 Å². The highest BCUT2D eigenvalue weighted by molar-refractivity contribution is 5.81. The lowest BCUT2D eigenvalue weighted by Crippen LogP contribution is -2.64. The van der Waals surface area contributed by atoms with Gasteiger partial charge >= 0.3 is 5.97 Å². The van der Waals surface area contributed by atoms with Crippen LogP contribution < -0.4 is 5.32 Å². The molecule has 0 bridgehead atoms. The Balaban J connectivity index is 2.39. The molecule has 2 saturated heterocycles. The van der Waals surface area contributed by atoms with E-state index >= 15 is 0 Å². The highest BCUT2D eigenvalue weighted by atomic mass is 16.5. The molecule has 5 heteroatoms. The normalized spacial score (nSPS) is 34.9. The first-order valence-electron chi connectivity index (χ1n) is 7.11. The van der Waals surface area contributed by atoms with E-state index in [-0.39, 0.29) is 0 Å². The van der Waals surface area contributed by atoms with Gasteiger partial charge in [-0.25, -0.2) is 0 Å². The number of carbonyl (C=O) groups is 1. The summed E-state index contributed by atoms with van der Waals surface area (Å²) in [7, 11) is 0. The third kappa shape index (κ3) is 2.39. The summed E-state index contributed by atoms with van der Waals surface area (Å²) in [6, 6.07) is 0. The van der Waals surface area contributed by atoms with Crippen LogP contribution in [0.15, 0.2) is 0 Å². The first-order valence-corrected chi connectivity index (χ1v) is 7.11. The smallest absolute Gasteiger partial charge is 0.327 e. The molecule has 0 amide bonds. The summed E-state index contributed by atoms with van der Waals surface area (Å²) < 4.78 is 6.06. The summed E-state index contributed by atoms with van der Waals surface area (Å²) in [4.78, 5) is 14.2. The predicted molar refractivity (Wildman–Crippen MR) is 73.3 cm³/mol. The highest BCUT2D eigenvalue weighted by Gasteiger charge is 2.64. The minimum Gasteiger partial charge on any atom is -0.480 e. The second kappa shape index (κ2) is 4.72. The Hall–Kier alpha value is -0.650. The fourth-order valence-electron chi connectivity index (χ4n) is 3.83. The number of ether oxygens (including phenoxy) is 1. The van der Waals surface area contributed by atoms with Gasteiger partial charge < -0.3 is 15.2 Å². The van der Waals surface area contributed by atoms with Crippen LogP contribution in [0.1, 0.15) is 40.5 Å². The Morgan fingerprint density at radius 2 is 1.89 bits per heavy atom. The predicted octanol–water partition coefficient (Wildman–Crippen LogP) is 1.08. The molecule has 0 saturated carbocycles. The molecule has 2 heterocycles. The average Bonchev–Trinajstić information content (AvgIpc) is 2.47. The third-order valence-electron chi connectivity index (χ3n) is 4.44. The van der Waals surface area contributed by atoms with Crippen LogP contribution in [0.3, 0.4) is 0 Å². The SMILES string of the molecule is CC1(C)CC(C(=O)O)(N2CCCNCC2)C(C)(C)O1. The lowest BCUT2D eigenvalue weighted by Gasteiger charge is -2.44. The molecule has 0 aliphatic carbocycles. The van der Waals surface area contributed by atoms with Crippen molar-refractivity contribution in [1.82, 2.24) is 10.2 Å². The fraction of sp³-hybridized carbons (Fsp3) is 0.929. The molecule has 2 aliphatic heterocycles. The zero-order chi connectivity index (χ0) is 14.3. The standard InChI is InChI=1S/C14H26N2O3/c1-12(2)10-14(11(17)18,13(3,4)19-12)16-8-5-6-15-7-9-16/h15H,5-10H2,1-4H3,(H,17,18). The number of nitrogens with one attached hydrogen (secondary N) is 1. The van der Waals surface area contributed by atoms with Crippen LogP contribution in [0, 0.1) is 0 Å². The van der Waals surface area contributed by atoms with Gasteiger partial charge in [0.05, 0.1) is 11.2 Å². The zero-order valence-electron chi connectivity index (χ0n) is 12.5. The molecular formula is C14H26N2O3. The number of nitrogens with zero attached hydrogens (tertiary/aromatic N) is 1. The molecule has 1 atom stereocenters. The van der Waals surface area contributed by atoms with Crippen molar-refractivity contribution in [2.45, 2.75) is 57.3 Å². The number of hydrogen-bond donors (Lipinski definition) is 2. The summed E-state index contributed by atoms with van der Waals surface area (Å²) in [5, 5.41) is 13.3. The van der Waals surface area contributed by atoms with Gasteiger partial charge in [-0.2, -0.15) is 0 Å². The molecular weight excluding hydrogens is 244 g/mol. The van der Waals surface area contributed by atoms with Crippen molar-refractivity contribution in [2.24, 2.45) is 0 Å². The van der Waals surface area contributed by atoms with Crippen LogP contribution in [0.4, 0.5) is 0 Å². The third-order valence-corrected chi connectivity index (χ3v) is 4.44. The van der Waals surface area contributed by atoms with E-state index in [2.05, 4.69) is 10.2 Å². The van der Waals surface area contributed by atoms with E-state index in [4.69, 9.17) is 4.74 Å². The van der Waals surface area contributed by atoms with Crippen LogP contribution in [0.2, 0.25) is 0 Å². The van der Waals surface area contributed by atoms with E-state index in [0.29, 0.717) is 6.42 Å². The van der Waals surface area contributed by atoms with Gasteiger partial charge in [-0.3, -0.25) is 9.69 Å². The first kappa shape index (κ1) is 14.8. The van der Waals surface area contributed by atoms with Gasteiger partial charge in [-0.05, 0) is 40.7 Å². The number of aliphatic carboxylic acids is 1. The van der Waals surface area contributed by atoms with Gasteiger partial charge in [0.2, 0.25) is 0 Å². The van der Waals surface area contributed by atoms with Crippen LogP contribution in [-0.2, 0) is 9.53 Å². The molecule has 1 unspecified atom stereocenters. The number of carboxylic acids is 1. The van der Waals surface area contributed by atoms with Crippen molar-refractivity contribution in [2.75, 3.05) is 26.2 Å². The topological polar surface area (TPSA) is 61.8 Å². The van der Waals surface area contributed by atoms with Crippen molar-refractivity contribution in [3.8, 4) is 0 Å². The maximum absolute atomic E-state index is 12.1. The van der Waals surface area contributed by atoms with Crippen LogP contribution in [-0.4, -0.2) is 58.9 Å². The first-order chi connectivity index (χ1) is 8.71. The van der Waals surface area contributed by atoms with E-state index in [0.717, 1.165) is 32.6 Å². The number of carboxylic acid groups (broad SMARTS) is 1. The molecule has 2 fully saturated rings. The second-order valence-electron chi connectivity index (χ2n) is 6.80. The number of hydrogen-bond acceptors (Lipinski definition) is 4. The molecule has 0 aromatic carbocycles. The van der Waals surface area contributed by atoms with Crippen LogP contribution in [0.25, 0.3) is 0 Å². The van der Waals surface area contributed by atoms with E-state index < -0.39 is 22.7 Å². The Kier molecular flexibility index (Phi) is 3.66. The van der Waals surface area contributed by atoms with Gasteiger partial charge in [0.25, 0.3) is 0 Å². The zero-order valence-corrected chi connectivity index (χ0v) is 12.5. The van der Waals surface area contributed by atoms with Crippen molar-refractivity contribution in [3.63, 3.8) is 0 Å². The van der Waals surface area contributed by atoms with E-state index in [1.54, 1.807) is 0 Å². The summed E-state index contributed by atoms with van der Waals surface area (Å²) in [6.45, 7) is 11.1. The maximum atomic E-state index is 12.1. The molecule has 0 radical (unpaired) electrons. The Bertz CT molecular complexity index is 360. The Morgan fingerprint density at radius 1 is 1.21 bits per heavy atom. The largest absolute Gasteiger partial charge is 0.480 e. The lowest BCUT2D eigenvalue weighted by molar-refractivity contribution is -0.165. The van der Waals surface area contributed by atoms with Crippen molar-refractivity contribution >= 4 is 5.97 Å².